The zero-order valence-electron chi connectivity index (χ0n) is 13.7. The Bertz CT molecular complexity index is 547. The summed E-state index contributed by atoms with van der Waals surface area (Å²) in [5.74, 6) is 0.363. The monoisotopic (exact) mass is 375 g/mol. The van der Waals surface area contributed by atoms with Crippen LogP contribution in [0.4, 0.5) is 0 Å². The van der Waals surface area contributed by atoms with E-state index in [2.05, 4.69) is 4.90 Å². The van der Waals surface area contributed by atoms with Crippen molar-refractivity contribution in [1.82, 2.24) is 4.90 Å². The van der Waals surface area contributed by atoms with Crippen molar-refractivity contribution in [3.8, 4) is 5.75 Å². The molecule has 5 nitrogen and oxygen atoms in total. The molecule has 7 heteroatoms. The molecule has 0 amide bonds. The van der Waals surface area contributed by atoms with Crippen molar-refractivity contribution in [3.63, 3.8) is 0 Å². The zero-order chi connectivity index (χ0) is 17.5. The SMILES string of the molecule is CCOC(=O)C1CCN(CC(O)COc2ccc(Cl)cc2Cl)CC1. The number of hydrogen-bond acceptors (Lipinski definition) is 5. The lowest BCUT2D eigenvalue weighted by Crippen LogP contribution is -2.42. The summed E-state index contributed by atoms with van der Waals surface area (Å²) in [7, 11) is 0. The molecule has 1 aliphatic rings. The molecule has 1 heterocycles. The molecule has 1 aliphatic heterocycles. The Hall–Kier alpha value is -1.01. The van der Waals surface area contributed by atoms with Gasteiger partial charge in [-0.15, -0.1) is 0 Å². The van der Waals surface area contributed by atoms with Crippen LogP contribution < -0.4 is 4.74 Å². The topological polar surface area (TPSA) is 59.0 Å². The van der Waals surface area contributed by atoms with Gasteiger partial charge in [0.15, 0.2) is 0 Å². The maximum absolute atomic E-state index is 11.7. The molecule has 0 bridgehead atoms. The molecule has 1 unspecified atom stereocenters. The summed E-state index contributed by atoms with van der Waals surface area (Å²) >= 11 is 11.9. The van der Waals surface area contributed by atoms with Crippen molar-refractivity contribution in [1.29, 1.82) is 0 Å². The molecule has 134 valence electrons. The van der Waals surface area contributed by atoms with Crippen LogP contribution in [0, 0.1) is 5.92 Å². The molecule has 1 atom stereocenters. The zero-order valence-corrected chi connectivity index (χ0v) is 15.2. The number of ether oxygens (including phenoxy) is 2. The first-order chi connectivity index (χ1) is 11.5. The number of piperidine rings is 1. The van der Waals surface area contributed by atoms with E-state index < -0.39 is 6.10 Å². The van der Waals surface area contributed by atoms with Crippen LogP contribution in [-0.4, -0.2) is 54.9 Å². The van der Waals surface area contributed by atoms with E-state index in [1.54, 1.807) is 18.2 Å². The van der Waals surface area contributed by atoms with Gasteiger partial charge in [-0.05, 0) is 51.1 Å². The molecular formula is C17H23Cl2NO4. The average molecular weight is 376 g/mol. The largest absolute Gasteiger partial charge is 0.489 e. The number of aliphatic hydroxyl groups excluding tert-OH is 1. The van der Waals surface area contributed by atoms with Crippen molar-refractivity contribution in [2.45, 2.75) is 25.9 Å². The highest BCUT2D eigenvalue weighted by Crippen LogP contribution is 2.27. The molecule has 0 radical (unpaired) electrons. The van der Waals surface area contributed by atoms with Crippen molar-refractivity contribution in [3.05, 3.63) is 28.2 Å². The Labute approximate surface area is 152 Å². The molecule has 1 N–H and O–H groups in total. The molecule has 1 aromatic rings. The van der Waals surface area contributed by atoms with Crippen LogP contribution in [0.2, 0.25) is 10.0 Å². The molecule has 0 aliphatic carbocycles. The normalized spacial score (nSPS) is 17.5. The number of likely N-dealkylation sites (tertiary alicyclic amines) is 1. The first-order valence-electron chi connectivity index (χ1n) is 8.14. The highest BCUT2D eigenvalue weighted by atomic mass is 35.5. The summed E-state index contributed by atoms with van der Waals surface area (Å²) < 4.78 is 10.6. The predicted molar refractivity (Wildman–Crippen MR) is 93.8 cm³/mol. The maximum Gasteiger partial charge on any atom is 0.309 e. The molecule has 1 fully saturated rings. The fourth-order valence-corrected chi connectivity index (χ4v) is 3.20. The molecule has 24 heavy (non-hydrogen) atoms. The lowest BCUT2D eigenvalue weighted by Gasteiger charge is -2.32. The van der Waals surface area contributed by atoms with Crippen molar-refractivity contribution in [2.24, 2.45) is 5.92 Å². The van der Waals surface area contributed by atoms with Gasteiger partial charge in [0, 0.05) is 11.6 Å². The van der Waals surface area contributed by atoms with Crippen molar-refractivity contribution in [2.75, 3.05) is 32.8 Å². The Morgan fingerprint density at radius 1 is 1.38 bits per heavy atom. The summed E-state index contributed by atoms with van der Waals surface area (Å²) in [6.45, 7) is 4.42. The third-order valence-electron chi connectivity index (χ3n) is 4.00. The van der Waals surface area contributed by atoms with Crippen molar-refractivity contribution < 1.29 is 19.4 Å². The van der Waals surface area contributed by atoms with Crippen molar-refractivity contribution >= 4 is 29.2 Å². The van der Waals surface area contributed by atoms with Gasteiger partial charge in [0.1, 0.15) is 18.5 Å². The summed E-state index contributed by atoms with van der Waals surface area (Å²) in [5.41, 5.74) is 0. The highest BCUT2D eigenvalue weighted by Gasteiger charge is 2.26. The summed E-state index contributed by atoms with van der Waals surface area (Å²) in [5, 5.41) is 11.1. The number of rotatable bonds is 7. The average Bonchev–Trinajstić information content (AvgIpc) is 2.55. The van der Waals surface area contributed by atoms with E-state index in [4.69, 9.17) is 32.7 Å². The fourth-order valence-electron chi connectivity index (χ4n) is 2.74. The van der Waals surface area contributed by atoms with Crippen LogP contribution >= 0.6 is 23.2 Å². The molecular weight excluding hydrogens is 353 g/mol. The summed E-state index contributed by atoms with van der Waals surface area (Å²) in [4.78, 5) is 13.8. The van der Waals surface area contributed by atoms with Crippen LogP contribution in [0.3, 0.4) is 0 Å². The third kappa shape index (κ3) is 5.81. The van der Waals surface area contributed by atoms with Crippen LogP contribution in [0.25, 0.3) is 0 Å². The Morgan fingerprint density at radius 2 is 2.08 bits per heavy atom. The van der Waals surface area contributed by atoms with Gasteiger partial charge in [-0.1, -0.05) is 23.2 Å². The number of halogens is 2. The summed E-state index contributed by atoms with van der Waals surface area (Å²) in [6.07, 6.45) is 0.890. The first-order valence-corrected chi connectivity index (χ1v) is 8.90. The molecule has 1 aromatic carbocycles. The standard InChI is InChI=1S/C17H23Cl2NO4/c1-2-23-17(22)12-5-7-20(8-6-12)10-14(21)11-24-16-4-3-13(18)9-15(16)19/h3-4,9,12,14,21H,2,5-8,10-11H2,1H3. The van der Waals surface area contributed by atoms with Gasteiger partial charge in [0.2, 0.25) is 0 Å². The van der Waals surface area contributed by atoms with Gasteiger partial charge in [0.05, 0.1) is 17.5 Å². The molecule has 1 saturated heterocycles. The number of hydrogen-bond donors (Lipinski definition) is 1. The Balaban J connectivity index is 1.71. The summed E-state index contributed by atoms with van der Waals surface area (Å²) in [6, 6.07) is 4.97. The molecule has 2 rings (SSSR count). The van der Waals surface area contributed by atoms with Crippen LogP contribution in [0.1, 0.15) is 19.8 Å². The molecule has 0 saturated carbocycles. The second-order valence-electron chi connectivity index (χ2n) is 5.87. The number of β-amino-alcohol motifs (C(OH)–C–C–N with tert-alkyl or cyclic N) is 1. The number of benzene rings is 1. The predicted octanol–water partition coefficient (Wildman–Crippen LogP) is 3.01. The minimum atomic E-state index is -0.629. The van der Waals surface area contributed by atoms with Gasteiger partial charge >= 0.3 is 5.97 Å². The van der Waals surface area contributed by atoms with Gasteiger partial charge < -0.3 is 19.5 Å². The third-order valence-corrected chi connectivity index (χ3v) is 4.53. The smallest absolute Gasteiger partial charge is 0.309 e. The number of aliphatic hydroxyl groups is 1. The number of carbonyl (C=O) groups is 1. The fraction of sp³-hybridized carbons (Fsp3) is 0.588. The first kappa shape index (κ1) is 19.3. The van der Waals surface area contributed by atoms with E-state index in [1.165, 1.54) is 0 Å². The second-order valence-corrected chi connectivity index (χ2v) is 6.71. The van der Waals surface area contributed by atoms with E-state index in [0.29, 0.717) is 28.9 Å². The lowest BCUT2D eigenvalue weighted by molar-refractivity contribution is -0.149. The van der Waals surface area contributed by atoms with Crippen LogP contribution in [0.5, 0.6) is 5.75 Å². The maximum atomic E-state index is 11.7. The van der Waals surface area contributed by atoms with Crippen LogP contribution in [0.15, 0.2) is 18.2 Å². The van der Waals surface area contributed by atoms with E-state index in [9.17, 15) is 9.90 Å². The minimum absolute atomic E-state index is 0.0255. The lowest BCUT2D eigenvalue weighted by atomic mass is 9.97. The molecule has 0 aromatic heterocycles. The second kappa shape index (κ2) is 9.47. The quantitative estimate of drug-likeness (QED) is 0.742. The van der Waals surface area contributed by atoms with Gasteiger partial charge in [-0.3, -0.25) is 4.79 Å². The molecule has 0 spiro atoms. The number of nitrogens with zero attached hydrogens (tertiary/aromatic N) is 1. The Morgan fingerprint density at radius 3 is 2.71 bits per heavy atom. The van der Waals surface area contributed by atoms with E-state index in [0.717, 1.165) is 25.9 Å². The minimum Gasteiger partial charge on any atom is -0.489 e. The van der Waals surface area contributed by atoms with E-state index in [-0.39, 0.29) is 18.5 Å². The van der Waals surface area contributed by atoms with Crippen LogP contribution in [-0.2, 0) is 9.53 Å². The Kier molecular flexibility index (Phi) is 7.62. The van der Waals surface area contributed by atoms with Gasteiger partial charge in [-0.2, -0.15) is 0 Å². The highest BCUT2D eigenvalue weighted by molar-refractivity contribution is 6.35. The number of esters is 1. The number of carbonyl (C=O) groups excluding carboxylic acids is 1. The van der Waals surface area contributed by atoms with Gasteiger partial charge in [0.25, 0.3) is 0 Å². The van der Waals surface area contributed by atoms with Gasteiger partial charge in [-0.25, -0.2) is 0 Å². The van der Waals surface area contributed by atoms with E-state index in [1.807, 2.05) is 6.92 Å². The van der Waals surface area contributed by atoms with E-state index >= 15 is 0 Å².